The standard InChI is InChI=1S/C12H17BrN2/c1-8(2)6-12(15-14)11-5-4-10(13)7-9(11)3/h4-5,7,12,15H,1,6,14H2,2-3H3. The van der Waals surface area contributed by atoms with E-state index in [9.17, 15) is 0 Å². The van der Waals surface area contributed by atoms with Crippen molar-refractivity contribution in [2.45, 2.75) is 26.3 Å². The van der Waals surface area contributed by atoms with Crippen LogP contribution in [0.4, 0.5) is 0 Å². The molecule has 15 heavy (non-hydrogen) atoms. The van der Waals surface area contributed by atoms with Crippen molar-refractivity contribution in [1.29, 1.82) is 0 Å². The Labute approximate surface area is 99.7 Å². The van der Waals surface area contributed by atoms with E-state index in [0.29, 0.717) is 0 Å². The molecule has 0 fully saturated rings. The highest BCUT2D eigenvalue weighted by atomic mass is 79.9. The Morgan fingerprint density at radius 1 is 1.60 bits per heavy atom. The number of aryl methyl sites for hydroxylation is 1. The lowest BCUT2D eigenvalue weighted by Crippen LogP contribution is -2.28. The summed E-state index contributed by atoms with van der Waals surface area (Å²) >= 11 is 3.45. The molecule has 1 rings (SSSR count). The van der Waals surface area contributed by atoms with Gasteiger partial charge in [0.05, 0.1) is 0 Å². The second kappa shape index (κ2) is 5.45. The van der Waals surface area contributed by atoms with Gasteiger partial charge in [-0.15, -0.1) is 6.58 Å². The molecule has 0 aromatic heterocycles. The number of hydrazine groups is 1. The van der Waals surface area contributed by atoms with Crippen LogP contribution in [0.5, 0.6) is 0 Å². The van der Waals surface area contributed by atoms with E-state index in [1.165, 1.54) is 11.1 Å². The van der Waals surface area contributed by atoms with Gasteiger partial charge in [-0.3, -0.25) is 11.3 Å². The predicted molar refractivity (Wildman–Crippen MR) is 68.4 cm³/mol. The molecule has 0 spiro atoms. The normalized spacial score (nSPS) is 12.5. The SMILES string of the molecule is C=C(C)CC(NN)c1ccc(Br)cc1C. The summed E-state index contributed by atoms with van der Waals surface area (Å²) in [5.41, 5.74) is 6.41. The van der Waals surface area contributed by atoms with Gasteiger partial charge in [0.15, 0.2) is 0 Å². The molecule has 0 aliphatic heterocycles. The third-order valence-corrected chi connectivity index (χ3v) is 2.85. The predicted octanol–water partition coefficient (Wildman–Crippen LogP) is 3.23. The largest absolute Gasteiger partial charge is 0.271 e. The maximum absolute atomic E-state index is 5.56. The van der Waals surface area contributed by atoms with Crippen LogP contribution in [-0.2, 0) is 0 Å². The molecule has 0 radical (unpaired) electrons. The molecular weight excluding hydrogens is 252 g/mol. The lowest BCUT2D eigenvalue weighted by atomic mass is 9.97. The molecule has 0 bridgehead atoms. The number of rotatable bonds is 4. The van der Waals surface area contributed by atoms with Gasteiger partial charge in [-0.2, -0.15) is 0 Å². The van der Waals surface area contributed by atoms with Gasteiger partial charge in [0.25, 0.3) is 0 Å². The number of nitrogens with two attached hydrogens (primary N) is 1. The zero-order valence-corrected chi connectivity index (χ0v) is 10.8. The number of hydrogen-bond acceptors (Lipinski definition) is 2. The van der Waals surface area contributed by atoms with Gasteiger partial charge >= 0.3 is 0 Å². The molecule has 1 aromatic rings. The van der Waals surface area contributed by atoms with E-state index in [0.717, 1.165) is 16.5 Å². The van der Waals surface area contributed by atoms with Crippen LogP contribution < -0.4 is 11.3 Å². The van der Waals surface area contributed by atoms with Crippen molar-refractivity contribution in [3.63, 3.8) is 0 Å². The third kappa shape index (κ3) is 3.45. The molecule has 1 aromatic carbocycles. The van der Waals surface area contributed by atoms with Crippen LogP contribution >= 0.6 is 15.9 Å². The Balaban J connectivity index is 2.96. The summed E-state index contributed by atoms with van der Waals surface area (Å²) in [6.07, 6.45) is 0.860. The Bertz CT molecular complexity index is 361. The smallest absolute Gasteiger partial charge is 0.0499 e. The maximum atomic E-state index is 5.56. The number of halogens is 1. The van der Waals surface area contributed by atoms with Crippen LogP contribution in [-0.4, -0.2) is 0 Å². The molecule has 1 atom stereocenters. The van der Waals surface area contributed by atoms with Gasteiger partial charge in [-0.25, -0.2) is 0 Å². The zero-order chi connectivity index (χ0) is 11.4. The van der Waals surface area contributed by atoms with Gasteiger partial charge in [-0.1, -0.05) is 27.6 Å². The van der Waals surface area contributed by atoms with Crippen molar-refractivity contribution in [2.24, 2.45) is 5.84 Å². The van der Waals surface area contributed by atoms with Crippen molar-refractivity contribution < 1.29 is 0 Å². The second-order valence-electron chi connectivity index (χ2n) is 3.88. The fourth-order valence-corrected chi connectivity index (χ4v) is 2.11. The Hall–Kier alpha value is -0.640. The summed E-state index contributed by atoms with van der Waals surface area (Å²) in [6.45, 7) is 8.01. The van der Waals surface area contributed by atoms with Crippen molar-refractivity contribution in [3.8, 4) is 0 Å². The minimum Gasteiger partial charge on any atom is -0.271 e. The van der Waals surface area contributed by atoms with Crippen LogP contribution in [0.15, 0.2) is 34.8 Å². The Morgan fingerprint density at radius 2 is 2.27 bits per heavy atom. The van der Waals surface area contributed by atoms with E-state index in [4.69, 9.17) is 5.84 Å². The molecule has 0 saturated carbocycles. The highest BCUT2D eigenvalue weighted by Crippen LogP contribution is 2.25. The van der Waals surface area contributed by atoms with Gasteiger partial charge < -0.3 is 0 Å². The molecule has 2 nitrogen and oxygen atoms in total. The van der Waals surface area contributed by atoms with E-state index in [-0.39, 0.29) is 6.04 Å². The first-order valence-corrected chi connectivity index (χ1v) is 5.70. The number of benzene rings is 1. The van der Waals surface area contributed by atoms with Gasteiger partial charge in [0.1, 0.15) is 0 Å². The first kappa shape index (κ1) is 12.4. The molecule has 0 aliphatic rings. The van der Waals surface area contributed by atoms with E-state index < -0.39 is 0 Å². The van der Waals surface area contributed by atoms with Gasteiger partial charge in [0, 0.05) is 10.5 Å². The summed E-state index contributed by atoms with van der Waals surface area (Å²) in [7, 11) is 0. The fourth-order valence-electron chi connectivity index (χ4n) is 1.64. The molecule has 0 amide bonds. The Morgan fingerprint density at radius 3 is 2.73 bits per heavy atom. The molecule has 82 valence electrons. The molecule has 0 heterocycles. The topological polar surface area (TPSA) is 38.0 Å². The van der Waals surface area contributed by atoms with E-state index >= 15 is 0 Å². The average Bonchev–Trinajstić information content (AvgIpc) is 2.14. The molecule has 0 saturated heterocycles. The fraction of sp³-hybridized carbons (Fsp3) is 0.333. The number of nitrogens with one attached hydrogen (secondary N) is 1. The van der Waals surface area contributed by atoms with Crippen molar-refractivity contribution in [1.82, 2.24) is 5.43 Å². The quantitative estimate of drug-likeness (QED) is 0.500. The monoisotopic (exact) mass is 268 g/mol. The minimum absolute atomic E-state index is 0.149. The maximum Gasteiger partial charge on any atom is 0.0499 e. The van der Waals surface area contributed by atoms with Crippen molar-refractivity contribution in [3.05, 3.63) is 46.0 Å². The highest BCUT2D eigenvalue weighted by molar-refractivity contribution is 9.10. The third-order valence-electron chi connectivity index (χ3n) is 2.36. The van der Waals surface area contributed by atoms with Gasteiger partial charge in [0.2, 0.25) is 0 Å². The van der Waals surface area contributed by atoms with Crippen molar-refractivity contribution >= 4 is 15.9 Å². The molecule has 0 aliphatic carbocycles. The summed E-state index contributed by atoms with van der Waals surface area (Å²) in [4.78, 5) is 0. The highest BCUT2D eigenvalue weighted by Gasteiger charge is 2.12. The Kier molecular flexibility index (Phi) is 4.51. The zero-order valence-electron chi connectivity index (χ0n) is 9.18. The van der Waals surface area contributed by atoms with E-state index in [1.54, 1.807) is 0 Å². The van der Waals surface area contributed by atoms with Gasteiger partial charge in [-0.05, 0) is 43.5 Å². The molecule has 1 unspecified atom stereocenters. The lowest BCUT2D eigenvalue weighted by Gasteiger charge is -2.18. The van der Waals surface area contributed by atoms with Crippen LogP contribution in [0.3, 0.4) is 0 Å². The first-order valence-electron chi connectivity index (χ1n) is 4.91. The second-order valence-corrected chi connectivity index (χ2v) is 4.80. The van der Waals surface area contributed by atoms with Crippen molar-refractivity contribution in [2.75, 3.05) is 0 Å². The molecule has 3 heteroatoms. The first-order chi connectivity index (χ1) is 7.04. The molecular formula is C12H17BrN2. The van der Waals surface area contributed by atoms with Crippen LogP contribution in [0, 0.1) is 6.92 Å². The minimum atomic E-state index is 0.149. The van der Waals surface area contributed by atoms with Crippen LogP contribution in [0.1, 0.15) is 30.5 Å². The van der Waals surface area contributed by atoms with Crippen LogP contribution in [0.2, 0.25) is 0 Å². The lowest BCUT2D eigenvalue weighted by molar-refractivity contribution is 0.548. The summed E-state index contributed by atoms with van der Waals surface area (Å²) < 4.78 is 1.09. The summed E-state index contributed by atoms with van der Waals surface area (Å²) in [6, 6.07) is 6.37. The summed E-state index contributed by atoms with van der Waals surface area (Å²) in [5.74, 6) is 5.56. The molecule has 3 N–H and O–H groups in total. The van der Waals surface area contributed by atoms with Crippen LogP contribution in [0.25, 0.3) is 0 Å². The number of hydrogen-bond donors (Lipinski definition) is 2. The van der Waals surface area contributed by atoms with E-state index in [1.807, 2.05) is 13.0 Å². The average molecular weight is 269 g/mol. The summed E-state index contributed by atoms with van der Waals surface area (Å²) in [5, 5.41) is 0. The van der Waals surface area contributed by atoms with E-state index in [2.05, 4.69) is 47.0 Å².